The number of aromatic nitrogens is 1. The minimum Gasteiger partial charge on any atom is -0.335 e. The van der Waals surface area contributed by atoms with Crippen LogP contribution in [0.25, 0.3) is 0 Å². The summed E-state index contributed by atoms with van der Waals surface area (Å²) in [5, 5.41) is 5.44. The molecule has 132 valence electrons. The summed E-state index contributed by atoms with van der Waals surface area (Å²) in [6, 6.07) is 12.4. The first-order valence-corrected chi connectivity index (χ1v) is 8.00. The van der Waals surface area contributed by atoms with Crippen LogP contribution in [0.2, 0.25) is 0 Å². The average Bonchev–Trinajstić information content (AvgIpc) is 2.62. The van der Waals surface area contributed by atoms with Crippen molar-refractivity contribution < 1.29 is 13.6 Å². The molecule has 0 spiro atoms. The van der Waals surface area contributed by atoms with E-state index in [4.69, 9.17) is 0 Å². The first-order valence-electron chi connectivity index (χ1n) is 8.00. The second-order valence-electron chi connectivity index (χ2n) is 5.87. The molecule has 2 aromatic carbocycles. The highest BCUT2D eigenvalue weighted by Crippen LogP contribution is 2.23. The van der Waals surface area contributed by atoms with Gasteiger partial charge < -0.3 is 10.6 Å². The van der Waals surface area contributed by atoms with E-state index in [2.05, 4.69) is 15.6 Å². The highest BCUT2D eigenvalue weighted by Gasteiger charge is 2.12. The maximum atomic E-state index is 13.7. The van der Waals surface area contributed by atoms with E-state index in [-0.39, 0.29) is 17.4 Å². The molecule has 3 aromatic rings. The number of hydrogen-bond acceptors (Lipinski definition) is 3. The summed E-state index contributed by atoms with van der Waals surface area (Å²) < 4.78 is 27.3. The number of nitrogens with zero attached hydrogens (tertiary/aromatic N) is 1. The van der Waals surface area contributed by atoms with Crippen LogP contribution >= 0.6 is 0 Å². The zero-order valence-corrected chi connectivity index (χ0v) is 14.3. The molecule has 2 N–H and O–H groups in total. The van der Waals surface area contributed by atoms with Crippen molar-refractivity contribution in [3.8, 4) is 0 Å². The Labute approximate surface area is 149 Å². The Morgan fingerprint density at radius 3 is 2.08 bits per heavy atom. The third kappa shape index (κ3) is 3.69. The lowest BCUT2D eigenvalue weighted by Gasteiger charge is -2.12. The molecule has 0 aliphatic carbocycles. The van der Waals surface area contributed by atoms with Gasteiger partial charge in [-0.15, -0.1) is 0 Å². The van der Waals surface area contributed by atoms with Crippen LogP contribution in [0.5, 0.6) is 0 Å². The molecule has 1 amide bonds. The summed E-state index contributed by atoms with van der Waals surface area (Å²) >= 11 is 0. The quantitative estimate of drug-likeness (QED) is 0.696. The monoisotopic (exact) mass is 353 g/mol. The van der Waals surface area contributed by atoms with Gasteiger partial charge in [0, 0.05) is 11.9 Å². The molecule has 6 heteroatoms. The Hall–Kier alpha value is -3.28. The molecule has 0 aliphatic heterocycles. The lowest BCUT2D eigenvalue weighted by atomic mass is 10.1. The molecule has 0 saturated heterocycles. The zero-order valence-electron chi connectivity index (χ0n) is 14.3. The molecule has 0 fully saturated rings. The molecular formula is C20H17F2N3O. The van der Waals surface area contributed by atoms with E-state index in [0.29, 0.717) is 5.56 Å². The standard InChI is InChI=1S/C20H17F2N3O/c1-12-5-3-6-13(2)18(12)25-20(26)14-9-10-17(23-11-14)24-19-15(21)7-4-8-16(19)22/h3-11H,1-2H3,(H,23,24)(H,25,26). The molecule has 26 heavy (non-hydrogen) atoms. The van der Waals surface area contributed by atoms with Crippen molar-refractivity contribution in [1.82, 2.24) is 4.98 Å². The average molecular weight is 353 g/mol. The molecule has 4 nitrogen and oxygen atoms in total. The van der Waals surface area contributed by atoms with Gasteiger partial charge in [0.25, 0.3) is 5.91 Å². The van der Waals surface area contributed by atoms with Crippen LogP contribution in [0.4, 0.5) is 26.0 Å². The summed E-state index contributed by atoms with van der Waals surface area (Å²) in [5.41, 5.74) is 2.73. The number of pyridine rings is 1. The molecule has 1 aromatic heterocycles. The molecule has 0 atom stereocenters. The summed E-state index contributed by atoms with van der Waals surface area (Å²) in [6.45, 7) is 3.83. The number of nitrogens with one attached hydrogen (secondary N) is 2. The second-order valence-corrected chi connectivity index (χ2v) is 5.87. The van der Waals surface area contributed by atoms with E-state index in [1.807, 2.05) is 32.0 Å². The number of anilines is 3. The van der Waals surface area contributed by atoms with Crippen molar-refractivity contribution in [2.75, 3.05) is 10.6 Å². The Bertz CT molecular complexity index is 915. The third-order valence-electron chi connectivity index (χ3n) is 3.96. The SMILES string of the molecule is Cc1cccc(C)c1NC(=O)c1ccc(Nc2c(F)cccc2F)nc1. The van der Waals surface area contributed by atoms with E-state index in [9.17, 15) is 13.6 Å². The summed E-state index contributed by atoms with van der Waals surface area (Å²) in [7, 11) is 0. The number of carbonyl (C=O) groups is 1. The van der Waals surface area contributed by atoms with Gasteiger partial charge in [0.05, 0.1) is 5.56 Å². The minimum absolute atomic E-state index is 0.234. The number of halogens is 2. The van der Waals surface area contributed by atoms with Gasteiger partial charge in [0.1, 0.15) is 23.1 Å². The van der Waals surface area contributed by atoms with Crippen LogP contribution in [0.15, 0.2) is 54.7 Å². The van der Waals surface area contributed by atoms with Gasteiger partial charge in [-0.3, -0.25) is 4.79 Å². The van der Waals surface area contributed by atoms with Crippen molar-refractivity contribution in [3.05, 3.63) is 83.1 Å². The Kier molecular flexibility index (Phi) is 4.93. The smallest absolute Gasteiger partial charge is 0.257 e. The number of para-hydroxylation sites is 2. The van der Waals surface area contributed by atoms with Gasteiger partial charge in [-0.2, -0.15) is 0 Å². The minimum atomic E-state index is -0.719. The van der Waals surface area contributed by atoms with Crippen LogP contribution in [-0.2, 0) is 0 Å². The second kappa shape index (κ2) is 7.31. The predicted octanol–water partition coefficient (Wildman–Crippen LogP) is 4.97. The highest BCUT2D eigenvalue weighted by molar-refractivity contribution is 6.05. The molecule has 0 aliphatic rings. The summed E-state index contributed by atoms with van der Waals surface area (Å²) in [5.74, 6) is -1.51. The topological polar surface area (TPSA) is 54.0 Å². The van der Waals surface area contributed by atoms with Gasteiger partial charge in [-0.05, 0) is 49.2 Å². The Morgan fingerprint density at radius 1 is 0.885 bits per heavy atom. The third-order valence-corrected chi connectivity index (χ3v) is 3.96. The van der Waals surface area contributed by atoms with Crippen molar-refractivity contribution in [2.45, 2.75) is 13.8 Å². The van der Waals surface area contributed by atoms with E-state index in [1.54, 1.807) is 0 Å². The number of benzene rings is 2. The normalized spacial score (nSPS) is 10.5. The fourth-order valence-corrected chi connectivity index (χ4v) is 2.54. The molecular weight excluding hydrogens is 336 g/mol. The molecule has 3 rings (SSSR count). The van der Waals surface area contributed by atoms with E-state index < -0.39 is 11.6 Å². The van der Waals surface area contributed by atoms with Crippen LogP contribution < -0.4 is 10.6 Å². The highest BCUT2D eigenvalue weighted by atomic mass is 19.1. The predicted molar refractivity (Wildman–Crippen MR) is 97.7 cm³/mol. The molecule has 0 unspecified atom stereocenters. The first-order chi connectivity index (χ1) is 12.5. The van der Waals surface area contributed by atoms with Gasteiger partial charge in [-0.25, -0.2) is 13.8 Å². The molecule has 1 heterocycles. The van der Waals surface area contributed by atoms with Crippen molar-refractivity contribution in [1.29, 1.82) is 0 Å². The van der Waals surface area contributed by atoms with Gasteiger partial charge >= 0.3 is 0 Å². The molecule has 0 bridgehead atoms. The fraction of sp³-hybridized carbons (Fsp3) is 0.100. The lowest BCUT2D eigenvalue weighted by Crippen LogP contribution is -2.14. The maximum absolute atomic E-state index is 13.7. The summed E-state index contributed by atoms with van der Waals surface area (Å²) in [4.78, 5) is 16.5. The largest absolute Gasteiger partial charge is 0.335 e. The van der Waals surface area contributed by atoms with Crippen LogP contribution in [0, 0.1) is 25.5 Å². The number of rotatable bonds is 4. The number of carbonyl (C=O) groups excluding carboxylic acids is 1. The van der Waals surface area contributed by atoms with Crippen LogP contribution in [0.3, 0.4) is 0 Å². The Balaban J connectivity index is 1.76. The molecule has 0 radical (unpaired) electrons. The number of hydrogen-bond donors (Lipinski definition) is 2. The molecule has 0 saturated carbocycles. The fourth-order valence-electron chi connectivity index (χ4n) is 2.54. The summed E-state index contributed by atoms with van der Waals surface area (Å²) in [6.07, 6.45) is 1.35. The van der Waals surface area contributed by atoms with Crippen LogP contribution in [-0.4, -0.2) is 10.9 Å². The van der Waals surface area contributed by atoms with E-state index in [0.717, 1.165) is 28.9 Å². The maximum Gasteiger partial charge on any atom is 0.257 e. The van der Waals surface area contributed by atoms with Gasteiger partial charge in [-0.1, -0.05) is 24.3 Å². The first kappa shape index (κ1) is 17.5. The van der Waals surface area contributed by atoms with Crippen molar-refractivity contribution in [3.63, 3.8) is 0 Å². The zero-order chi connectivity index (χ0) is 18.7. The number of aryl methyl sites for hydroxylation is 2. The lowest BCUT2D eigenvalue weighted by molar-refractivity contribution is 0.102. The van der Waals surface area contributed by atoms with Gasteiger partial charge in [0.2, 0.25) is 0 Å². The van der Waals surface area contributed by atoms with E-state index in [1.165, 1.54) is 24.4 Å². The van der Waals surface area contributed by atoms with Crippen LogP contribution in [0.1, 0.15) is 21.5 Å². The van der Waals surface area contributed by atoms with Crippen molar-refractivity contribution >= 4 is 23.1 Å². The number of amides is 1. The van der Waals surface area contributed by atoms with E-state index >= 15 is 0 Å². The van der Waals surface area contributed by atoms with Crippen molar-refractivity contribution in [2.24, 2.45) is 0 Å². The Morgan fingerprint density at radius 2 is 1.50 bits per heavy atom. The van der Waals surface area contributed by atoms with Gasteiger partial charge in [0.15, 0.2) is 0 Å².